The number of amides is 1. The maximum atomic E-state index is 12.4. The van der Waals surface area contributed by atoms with Gasteiger partial charge in [0.25, 0.3) is 5.91 Å². The van der Waals surface area contributed by atoms with Crippen molar-refractivity contribution in [3.8, 4) is 0 Å². The Bertz CT molecular complexity index is 868. The summed E-state index contributed by atoms with van der Waals surface area (Å²) in [6.07, 6.45) is 4.45. The molecule has 6 nitrogen and oxygen atoms in total. The van der Waals surface area contributed by atoms with E-state index in [1.807, 2.05) is 31.2 Å². The van der Waals surface area contributed by atoms with Gasteiger partial charge >= 0.3 is 0 Å². The van der Waals surface area contributed by atoms with Gasteiger partial charge in [-0.2, -0.15) is 0 Å². The Balaban J connectivity index is 1.70. The van der Waals surface area contributed by atoms with Gasteiger partial charge in [-0.05, 0) is 54.5 Å². The van der Waals surface area contributed by atoms with E-state index in [1.54, 1.807) is 0 Å². The highest BCUT2D eigenvalue weighted by molar-refractivity contribution is 14.1. The van der Waals surface area contributed by atoms with Gasteiger partial charge in [-0.3, -0.25) is 4.79 Å². The molecule has 7 heteroatoms. The first kappa shape index (κ1) is 18.5. The smallest absolute Gasteiger partial charge is 0.255 e. The quantitative estimate of drug-likeness (QED) is 0.505. The molecule has 1 aliphatic heterocycles. The van der Waals surface area contributed by atoms with Crippen LogP contribution in [0.15, 0.2) is 24.3 Å². The van der Waals surface area contributed by atoms with Crippen molar-refractivity contribution in [3.63, 3.8) is 0 Å². The zero-order valence-electron chi connectivity index (χ0n) is 15.3. The minimum atomic E-state index is -0.0778. The number of pyridine rings is 1. The van der Waals surface area contributed by atoms with Gasteiger partial charge in [0, 0.05) is 29.9 Å². The molecule has 1 saturated carbocycles. The third kappa shape index (κ3) is 3.75. The average molecular weight is 477 g/mol. The summed E-state index contributed by atoms with van der Waals surface area (Å²) in [4.78, 5) is 17.2. The summed E-state index contributed by atoms with van der Waals surface area (Å²) in [5.41, 5.74) is 10.0. The van der Waals surface area contributed by atoms with Gasteiger partial charge in [-0.1, -0.05) is 30.5 Å². The average Bonchev–Trinajstić information content (AvgIpc) is 3.05. The standard InChI is InChI=1S/C20H24IN5O/c1-11-6-8-12(9-7-11)24-18-16-13(10-23-20(16)27)17(21)19(26-18)25-15-5-3-2-4-14(15)22/h6-9,14-15H,2-5,10,22H2,1H3,(H,23,27)(H2,24,25,26)/t14-,15+/m0/s1. The largest absolute Gasteiger partial charge is 0.365 e. The van der Waals surface area contributed by atoms with E-state index in [9.17, 15) is 4.79 Å². The molecule has 1 fully saturated rings. The van der Waals surface area contributed by atoms with Crippen LogP contribution in [0.25, 0.3) is 0 Å². The SMILES string of the molecule is Cc1ccc(Nc2nc(N[C@@H]3CCCC[C@@H]3N)c(I)c3c2C(=O)NC3)cc1. The molecule has 0 unspecified atom stereocenters. The first-order valence-electron chi connectivity index (χ1n) is 9.39. The highest BCUT2D eigenvalue weighted by Crippen LogP contribution is 2.34. The summed E-state index contributed by atoms with van der Waals surface area (Å²) in [5.74, 6) is 1.32. The molecule has 1 aromatic carbocycles. The third-order valence-electron chi connectivity index (χ3n) is 5.34. The highest BCUT2D eigenvalue weighted by Gasteiger charge is 2.30. The summed E-state index contributed by atoms with van der Waals surface area (Å²) in [6, 6.07) is 8.43. The minimum Gasteiger partial charge on any atom is -0.365 e. The molecule has 27 heavy (non-hydrogen) atoms. The van der Waals surface area contributed by atoms with Crippen molar-refractivity contribution in [1.82, 2.24) is 10.3 Å². The first-order valence-corrected chi connectivity index (χ1v) is 10.5. The lowest BCUT2D eigenvalue weighted by atomic mass is 9.91. The van der Waals surface area contributed by atoms with E-state index in [-0.39, 0.29) is 18.0 Å². The number of nitrogens with one attached hydrogen (secondary N) is 3. The number of carbonyl (C=O) groups is 1. The van der Waals surface area contributed by atoms with Crippen LogP contribution in [-0.4, -0.2) is 23.0 Å². The van der Waals surface area contributed by atoms with E-state index in [2.05, 4.69) is 38.5 Å². The van der Waals surface area contributed by atoms with Crippen molar-refractivity contribution in [3.05, 3.63) is 44.5 Å². The van der Waals surface area contributed by atoms with E-state index in [4.69, 9.17) is 10.7 Å². The van der Waals surface area contributed by atoms with Crippen molar-refractivity contribution in [1.29, 1.82) is 0 Å². The molecule has 142 valence electrons. The van der Waals surface area contributed by atoms with Crippen molar-refractivity contribution in [2.24, 2.45) is 5.73 Å². The monoisotopic (exact) mass is 477 g/mol. The number of halogens is 1. The van der Waals surface area contributed by atoms with Crippen molar-refractivity contribution < 1.29 is 4.79 Å². The van der Waals surface area contributed by atoms with Gasteiger partial charge in [-0.15, -0.1) is 0 Å². The normalized spacial score (nSPS) is 21.5. The van der Waals surface area contributed by atoms with Crippen molar-refractivity contribution in [2.75, 3.05) is 10.6 Å². The second-order valence-electron chi connectivity index (χ2n) is 7.35. The summed E-state index contributed by atoms with van der Waals surface area (Å²) in [7, 11) is 0. The number of rotatable bonds is 4. The van der Waals surface area contributed by atoms with Gasteiger partial charge in [0.05, 0.1) is 9.13 Å². The molecule has 4 rings (SSSR count). The number of aryl methyl sites for hydroxylation is 1. The van der Waals surface area contributed by atoms with Gasteiger partial charge in [-0.25, -0.2) is 4.98 Å². The number of anilines is 3. The molecule has 0 spiro atoms. The van der Waals surface area contributed by atoms with Crippen LogP contribution in [0.4, 0.5) is 17.3 Å². The molecule has 2 aliphatic rings. The lowest BCUT2D eigenvalue weighted by Gasteiger charge is -2.30. The Morgan fingerprint density at radius 2 is 1.93 bits per heavy atom. The molecule has 1 aromatic heterocycles. The highest BCUT2D eigenvalue weighted by atomic mass is 127. The fraction of sp³-hybridized carbons (Fsp3) is 0.400. The number of hydrogen-bond acceptors (Lipinski definition) is 5. The molecule has 5 N–H and O–H groups in total. The Labute approximate surface area is 172 Å². The molecular weight excluding hydrogens is 453 g/mol. The van der Waals surface area contributed by atoms with E-state index in [0.29, 0.717) is 17.9 Å². The van der Waals surface area contributed by atoms with Crippen LogP contribution in [0.2, 0.25) is 0 Å². The molecule has 1 aliphatic carbocycles. The molecule has 1 amide bonds. The maximum Gasteiger partial charge on any atom is 0.255 e. The van der Waals surface area contributed by atoms with Crippen LogP contribution >= 0.6 is 22.6 Å². The van der Waals surface area contributed by atoms with Gasteiger partial charge < -0.3 is 21.7 Å². The topological polar surface area (TPSA) is 92.1 Å². The first-order chi connectivity index (χ1) is 13.0. The second kappa shape index (κ2) is 7.63. The molecule has 0 bridgehead atoms. The third-order valence-corrected chi connectivity index (χ3v) is 6.51. The van der Waals surface area contributed by atoms with E-state index < -0.39 is 0 Å². The predicted octanol–water partition coefficient (Wildman–Crippen LogP) is 3.66. The van der Waals surface area contributed by atoms with Crippen LogP contribution in [0.5, 0.6) is 0 Å². The summed E-state index contributed by atoms with van der Waals surface area (Å²) in [6.45, 7) is 2.58. The van der Waals surface area contributed by atoms with Crippen molar-refractivity contribution >= 4 is 45.8 Å². The minimum absolute atomic E-state index is 0.0778. The van der Waals surface area contributed by atoms with Gasteiger partial charge in [0.1, 0.15) is 11.6 Å². The Hall–Kier alpha value is -1.87. The fourth-order valence-electron chi connectivity index (χ4n) is 3.75. The molecule has 2 aromatic rings. The van der Waals surface area contributed by atoms with Crippen LogP contribution in [0.3, 0.4) is 0 Å². The number of benzene rings is 1. The number of fused-ring (bicyclic) bond motifs is 1. The molecule has 2 heterocycles. The fourth-order valence-corrected chi connectivity index (χ4v) is 4.49. The van der Waals surface area contributed by atoms with E-state index >= 15 is 0 Å². The van der Waals surface area contributed by atoms with Crippen LogP contribution in [0, 0.1) is 10.5 Å². The van der Waals surface area contributed by atoms with E-state index in [0.717, 1.165) is 33.5 Å². The van der Waals surface area contributed by atoms with Crippen LogP contribution in [-0.2, 0) is 6.54 Å². The summed E-state index contributed by atoms with van der Waals surface area (Å²) < 4.78 is 0.994. The Kier molecular flexibility index (Phi) is 5.23. The molecular formula is C20H24IN5O. The van der Waals surface area contributed by atoms with Gasteiger partial charge in [0.15, 0.2) is 0 Å². The molecule has 2 atom stereocenters. The Morgan fingerprint density at radius 1 is 1.19 bits per heavy atom. The second-order valence-corrected chi connectivity index (χ2v) is 8.43. The molecule has 0 saturated heterocycles. The number of aromatic nitrogens is 1. The van der Waals surface area contributed by atoms with Crippen molar-refractivity contribution in [2.45, 2.75) is 51.2 Å². The van der Waals surface area contributed by atoms with Gasteiger partial charge in [0.2, 0.25) is 0 Å². The number of nitrogens with two attached hydrogens (primary N) is 1. The zero-order valence-corrected chi connectivity index (χ0v) is 17.5. The number of nitrogens with zero attached hydrogens (tertiary/aromatic N) is 1. The number of hydrogen-bond donors (Lipinski definition) is 4. The van der Waals surface area contributed by atoms with E-state index in [1.165, 1.54) is 18.4 Å². The predicted molar refractivity (Wildman–Crippen MR) is 116 cm³/mol. The lowest BCUT2D eigenvalue weighted by Crippen LogP contribution is -2.43. The zero-order chi connectivity index (χ0) is 19.0. The van der Waals surface area contributed by atoms with Crippen LogP contribution in [0.1, 0.15) is 47.2 Å². The summed E-state index contributed by atoms with van der Waals surface area (Å²) in [5, 5.41) is 9.81. The molecule has 0 radical (unpaired) electrons. The lowest BCUT2D eigenvalue weighted by molar-refractivity contribution is 0.0966. The maximum absolute atomic E-state index is 12.4. The van der Waals surface area contributed by atoms with Crippen LogP contribution < -0.4 is 21.7 Å². The number of carbonyl (C=O) groups excluding carboxylic acids is 1. The summed E-state index contributed by atoms with van der Waals surface area (Å²) >= 11 is 2.29. The Morgan fingerprint density at radius 3 is 2.67 bits per heavy atom.